The second-order valence-electron chi connectivity index (χ2n) is 32.8. The molecular formula is C89H157N21O21. The van der Waals surface area contributed by atoms with E-state index in [0.717, 1.165) is 0 Å². The fourth-order valence-electron chi connectivity index (χ4n) is 13.5. The summed E-state index contributed by atoms with van der Waals surface area (Å²) in [6.45, 7) is 8.52. The third-order valence-electron chi connectivity index (χ3n) is 20.7. The standard InChI is InChI=1S/C89H157N21O21/c1-61(2)55-72(107-79(115)65(97)29-11-18-36-90)88(124)110-78(62(3)4)89(125)109-74(57-64-27-9-6-10-28-64)87(123)108-73(56-63-25-7-5-8-26-63)86(122)106-71(35-17-24-42-96)85(121)105-68(32-14-21-39-93)82(118)100-44-47-127-50-53-130-59-76(112)101-69(33-15-22-40-94)83(119)103-66(30-12-19-37-91)80(116)98-43-46-126-49-52-129-58-75(111)102-70(34-16-23-41-95)84(120)104-67(31-13-20-38-92)81(117)99-45-48-128-51-54-131-60-77(113)114/h5-10,25-28,61-62,65-74,78H,11-24,29-60,90-97H2,1-4H3,(H,98,116)(H,99,117)(H,100,118)(H,101,112)(H,102,111)(H,103,119)(H,104,120)(H,105,121)(H,106,122)(H,107,115)(H,108,123)(H,109,125)(H,110,124)(H,113,114)/t65-,66-,67-,68-,69-,70-,71-,72-,73-,74-,78-/m0/s1. The number of benzene rings is 2. The van der Waals surface area contributed by atoms with Gasteiger partial charge in [0.15, 0.2) is 0 Å². The molecule has 0 saturated carbocycles. The van der Waals surface area contributed by atoms with Crippen molar-refractivity contribution >= 4 is 82.8 Å². The van der Waals surface area contributed by atoms with E-state index in [9.17, 15) is 67.1 Å². The van der Waals surface area contributed by atoms with Crippen molar-refractivity contribution < 1.29 is 101 Å². The molecule has 0 aromatic heterocycles. The summed E-state index contributed by atoms with van der Waals surface area (Å²) in [7, 11) is 0. The number of carboxylic acids is 1. The number of nitrogens with one attached hydrogen (secondary N) is 13. The van der Waals surface area contributed by atoms with E-state index in [1.54, 1.807) is 74.5 Å². The van der Waals surface area contributed by atoms with E-state index in [4.69, 9.17) is 79.4 Å². The Morgan fingerprint density at radius 2 is 0.557 bits per heavy atom. The molecular weight excluding hydrogens is 1700 g/mol. The summed E-state index contributed by atoms with van der Waals surface area (Å²) in [5.74, 6) is -9.72. The van der Waals surface area contributed by atoms with Crippen LogP contribution in [-0.2, 0) is 108 Å². The fourth-order valence-corrected chi connectivity index (χ4v) is 13.5. The van der Waals surface area contributed by atoms with Gasteiger partial charge < -0.3 is 149 Å². The second kappa shape index (κ2) is 74.0. The normalized spacial score (nSPS) is 13.8. The summed E-state index contributed by atoms with van der Waals surface area (Å²) in [6.07, 6.45) is 8.99. The molecule has 131 heavy (non-hydrogen) atoms. The SMILES string of the molecule is CC(C)C[C@H](NC(=O)[C@@H](N)CCCCN)C(=O)N[C@H](C(=O)N[C@@H](Cc1ccccc1)C(=O)N[C@@H](Cc1ccccc1)C(=O)N[C@@H](CCCCN)C(=O)N[C@@H](CCCCN)C(=O)NCCOCCOCC(=O)N[C@@H](CCCCN)C(=O)N[C@@H](CCCCN)C(=O)NCCOCCOCC(=O)N[C@@H](CCCCN)C(=O)N[C@@H](CCCCN)C(=O)NCCOCCOCC(=O)O)C(C)C. The summed E-state index contributed by atoms with van der Waals surface area (Å²) in [5.41, 5.74) is 47.9. The van der Waals surface area contributed by atoms with Crippen LogP contribution in [0.15, 0.2) is 60.7 Å². The van der Waals surface area contributed by atoms with E-state index in [-0.39, 0.29) is 149 Å². The molecule has 0 aliphatic heterocycles. The van der Waals surface area contributed by atoms with Crippen molar-refractivity contribution in [2.24, 2.45) is 57.7 Å². The number of rotatable bonds is 80. The first-order valence-corrected chi connectivity index (χ1v) is 46.3. The van der Waals surface area contributed by atoms with Crippen LogP contribution in [0.5, 0.6) is 0 Å². The zero-order valence-electron chi connectivity index (χ0n) is 77.5. The Bertz CT molecular complexity index is 3570. The number of carboxylic acid groups (broad SMARTS) is 1. The van der Waals surface area contributed by atoms with E-state index in [1.165, 1.54) is 0 Å². The maximum atomic E-state index is 14.9. The van der Waals surface area contributed by atoms with Gasteiger partial charge in [0.2, 0.25) is 76.8 Å². The molecule has 0 spiro atoms. The van der Waals surface area contributed by atoms with Gasteiger partial charge in [-0.25, -0.2) is 4.79 Å². The van der Waals surface area contributed by atoms with Gasteiger partial charge in [0.1, 0.15) is 80.2 Å². The Morgan fingerprint density at radius 3 is 0.870 bits per heavy atom. The number of carbonyl (C=O) groups excluding carboxylic acids is 13. The molecule has 744 valence electrons. The zero-order valence-corrected chi connectivity index (χ0v) is 77.5. The van der Waals surface area contributed by atoms with Crippen LogP contribution in [-0.4, -0.2) is 299 Å². The van der Waals surface area contributed by atoms with Crippen LogP contribution in [0.25, 0.3) is 0 Å². The fraction of sp³-hybridized carbons (Fsp3) is 0.708. The van der Waals surface area contributed by atoms with Crippen molar-refractivity contribution in [3.8, 4) is 0 Å². The van der Waals surface area contributed by atoms with Gasteiger partial charge in [-0.2, -0.15) is 0 Å². The Balaban J connectivity index is 2.10. The van der Waals surface area contributed by atoms with Crippen LogP contribution in [0, 0.1) is 11.8 Å². The van der Waals surface area contributed by atoms with Crippen molar-refractivity contribution in [2.45, 2.75) is 248 Å². The smallest absolute Gasteiger partial charge is 0.329 e. The number of hydrogen-bond donors (Lipinski definition) is 22. The molecule has 11 atom stereocenters. The number of amides is 13. The molecule has 0 saturated heterocycles. The maximum Gasteiger partial charge on any atom is 0.329 e. The maximum absolute atomic E-state index is 14.9. The first-order valence-electron chi connectivity index (χ1n) is 46.3. The third kappa shape index (κ3) is 55.5. The first kappa shape index (κ1) is 118. The quantitative estimate of drug-likeness (QED) is 0.0290. The van der Waals surface area contributed by atoms with Crippen molar-refractivity contribution in [3.05, 3.63) is 71.8 Å². The molecule has 0 radical (unpaired) electrons. The highest BCUT2D eigenvalue weighted by Gasteiger charge is 2.37. The average Bonchev–Trinajstić information content (AvgIpc) is 0.832. The highest BCUT2D eigenvalue weighted by molar-refractivity contribution is 5.98. The molecule has 2 rings (SSSR count). The van der Waals surface area contributed by atoms with Crippen molar-refractivity contribution in [1.82, 2.24) is 69.1 Å². The third-order valence-corrected chi connectivity index (χ3v) is 20.7. The van der Waals surface area contributed by atoms with E-state index < -0.39 is 175 Å². The zero-order chi connectivity index (χ0) is 96.8. The number of nitrogens with two attached hydrogens (primary N) is 8. The molecule has 42 nitrogen and oxygen atoms in total. The molecule has 0 heterocycles. The van der Waals surface area contributed by atoms with Gasteiger partial charge in [0.05, 0.1) is 65.5 Å². The summed E-state index contributed by atoms with van der Waals surface area (Å²) in [6, 6.07) is 5.49. The summed E-state index contributed by atoms with van der Waals surface area (Å²) < 4.78 is 32.8. The predicted octanol–water partition coefficient (Wildman–Crippen LogP) is -3.21. The van der Waals surface area contributed by atoms with E-state index >= 15 is 0 Å². The van der Waals surface area contributed by atoms with E-state index in [0.29, 0.717) is 147 Å². The molecule has 30 N–H and O–H groups in total. The van der Waals surface area contributed by atoms with Crippen LogP contribution in [0.1, 0.15) is 180 Å². The van der Waals surface area contributed by atoms with Gasteiger partial charge in [-0.15, -0.1) is 0 Å². The lowest BCUT2D eigenvalue weighted by molar-refractivity contribution is -0.143. The highest BCUT2D eigenvalue weighted by Crippen LogP contribution is 2.16. The molecule has 0 aliphatic rings. The Hall–Kier alpha value is -9.54. The summed E-state index contributed by atoms with van der Waals surface area (Å²) >= 11 is 0. The van der Waals surface area contributed by atoms with Crippen molar-refractivity contribution in [2.75, 3.05) is 145 Å². The van der Waals surface area contributed by atoms with Crippen LogP contribution < -0.4 is 115 Å². The van der Waals surface area contributed by atoms with Crippen molar-refractivity contribution in [3.63, 3.8) is 0 Å². The number of hydrogen-bond acceptors (Lipinski definition) is 28. The number of unbranched alkanes of at least 4 members (excludes halogenated alkanes) is 7. The predicted molar refractivity (Wildman–Crippen MR) is 494 cm³/mol. The van der Waals surface area contributed by atoms with Gasteiger partial charge in [-0.1, -0.05) is 94.8 Å². The summed E-state index contributed by atoms with van der Waals surface area (Å²) in [5, 5.41) is 44.9. The second-order valence-corrected chi connectivity index (χ2v) is 32.8. The van der Waals surface area contributed by atoms with E-state index in [1.807, 2.05) is 13.8 Å². The Kier molecular flexibility index (Phi) is 66.3. The lowest BCUT2D eigenvalue weighted by Gasteiger charge is -2.29. The van der Waals surface area contributed by atoms with Crippen LogP contribution in [0.4, 0.5) is 0 Å². The first-order chi connectivity index (χ1) is 63.1. The molecule has 13 amide bonds. The monoisotopic (exact) mass is 1860 g/mol. The number of ether oxygens (including phenoxy) is 6. The van der Waals surface area contributed by atoms with Crippen molar-refractivity contribution in [1.29, 1.82) is 0 Å². The van der Waals surface area contributed by atoms with Gasteiger partial charge in [0.25, 0.3) is 0 Å². The minimum absolute atomic E-state index is 0.0179. The summed E-state index contributed by atoms with van der Waals surface area (Å²) in [4.78, 5) is 192. The molecule has 42 heteroatoms. The Labute approximate surface area is 771 Å². The minimum Gasteiger partial charge on any atom is -0.480 e. The van der Waals surface area contributed by atoms with Crippen LogP contribution in [0.2, 0.25) is 0 Å². The van der Waals surface area contributed by atoms with Crippen LogP contribution >= 0.6 is 0 Å². The largest absolute Gasteiger partial charge is 0.480 e. The molecule has 0 fully saturated rings. The van der Waals surface area contributed by atoms with E-state index in [2.05, 4.69) is 69.1 Å². The molecule has 0 aliphatic carbocycles. The molecule has 2 aromatic rings. The Morgan fingerprint density at radius 1 is 0.290 bits per heavy atom. The van der Waals surface area contributed by atoms with Gasteiger partial charge >= 0.3 is 5.97 Å². The van der Waals surface area contributed by atoms with Gasteiger partial charge in [-0.3, -0.25) is 62.3 Å². The lowest BCUT2D eigenvalue weighted by atomic mass is 9.98. The van der Waals surface area contributed by atoms with Gasteiger partial charge in [0, 0.05) is 32.5 Å². The average molecular weight is 1860 g/mol. The molecule has 0 unspecified atom stereocenters. The topological polar surface area (TPSA) is 679 Å². The van der Waals surface area contributed by atoms with Crippen LogP contribution in [0.3, 0.4) is 0 Å². The molecule has 2 aromatic carbocycles. The minimum atomic E-state index is -1.34. The molecule has 0 bridgehead atoms. The van der Waals surface area contributed by atoms with Gasteiger partial charge in [-0.05, 0) is 204 Å². The number of aliphatic carboxylic acids is 1. The number of carbonyl (C=O) groups is 14. The lowest BCUT2D eigenvalue weighted by Crippen LogP contribution is -2.61. The highest BCUT2D eigenvalue weighted by atomic mass is 16.5.